The van der Waals surface area contributed by atoms with E-state index in [4.69, 9.17) is 9.26 Å². The number of methoxy groups -OCH3 is 1. The SMILES string of the molecule is COc1ccc(-c2noc(N3CCCCCC3)n2)cc1. The van der Waals surface area contributed by atoms with Crippen LogP contribution in [-0.2, 0) is 0 Å². The molecular formula is C15H19N3O2. The van der Waals surface area contributed by atoms with Crippen LogP contribution in [0.1, 0.15) is 25.7 Å². The van der Waals surface area contributed by atoms with Gasteiger partial charge in [0, 0.05) is 18.7 Å². The number of rotatable bonds is 3. The highest BCUT2D eigenvalue weighted by atomic mass is 16.5. The molecule has 1 aromatic heterocycles. The molecule has 1 saturated heterocycles. The van der Waals surface area contributed by atoms with E-state index in [0.717, 1.165) is 24.4 Å². The van der Waals surface area contributed by atoms with E-state index in [1.165, 1.54) is 25.7 Å². The summed E-state index contributed by atoms with van der Waals surface area (Å²) >= 11 is 0. The van der Waals surface area contributed by atoms with Gasteiger partial charge in [-0.3, -0.25) is 0 Å². The molecule has 5 heteroatoms. The van der Waals surface area contributed by atoms with Crippen LogP contribution in [0.15, 0.2) is 28.8 Å². The number of benzene rings is 1. The molecule has 0 saturated carbocycles. The van der Waals surface area contributed by atoms with Crippen molar-refractivity contribution in [3.8, 4) is 17.1 Å². The maximum Gasteiger partial charge on any atom is 0.324 e. The van der Waals surface area contributed by atoms with Crippen LogP contribution in [0.5, 0.6) is 5.75 Å². The fraction of sp³-hybridized carbons (Fsp3) is 0.467. The molecule has 1 aliphatic rings. The van der Waals surface area contributed by atoms with Gasteiger partial charge in [0.25, 0.3) is 0 Å². The van der Waals surface area contributed by atoms with Gasteiger partial charge in [0.15, 0.2) is 0 Å². The number of hydrogen-bond acceptors (Lipinski definition) is 5. The number of aromatic nitrogens is 2. The number of nitrogens with zero attached hydrogens (tertiary/aromatic N) is 3. The van der Waals surface area contributed by atoms with Crippen molar-refractivity contribution < 1.29 is 9.26 Å². The summed E-state index contributed by atoms with van der Waals surface area (Å²) in [6, 6.07) is 8.32. The van der Waals surface area contributed by atoms with Gasteiger partial charge in [0.05, 0.1) is 7.11 Å². The molecule has 0 aliphatic carbocycles. The second-order valence-corrected chi connectivity index (χ2v) is 5.03. The molecule has 0 spiro atoms. The molecule has 0 bridgehead atoms. The average Bonchev–Trinajstić information content (AvgIpc) is 2.83. The Morgan fingerprint density at radius 3 is 2.40 bits per heavy atom. The third-order valence-corrected chi connectivity index (χ3v) is 3.64. The van der Waals surface area contributed by atoms with Crippen molar-refractivity contribution in [1.29, 1.82) is 0 Å². The molecular weight excluding hydrogens is 254 g/mol. The van der Waals surface area contributed by atoms with Crippen molar-refractivity contribution in [2.24, 2.45) is 0 Å². The van der Waals surface area contributed by atoms with Gasteiger partial charge in [-0.1, -0.05) is 18.0 Å². The van der Waals surface area contributed by atoms with Crippen LogP contribution in [0.3, 0.4) is 0 Å². The highest BCUT2D eigenvalue weighted by molar-refractivity contribution is 5.56. The Morgan fingerprint density at radius 1 is 1.05 bits per heavy atom. The lowest BCUT2D eigenvalue weighted by Crippen LogP contribution is -2.24. The van der Waals surface area contributed by atoms with E-state index < -0.39 is 0 Å². The van der Waals surface area contributed by atoms with Gasteiger partial charge in [0.1, 0.15) is 5.75 Å². The average molecular weight is 273 g/mol. The van der Waals surface area contributed by atoms with E-state index in [-0.39, 0.29) is 0 Å². The monoisotopic (exact) mass is 273 g/mol. The first-order valence-electron chi connectivity index (χ1n) is 7.10. The first-order valence-corrected chi connectivity index (χ1v) is 7.10. The zero-order chi connectivity index (χ0) is 13.8. The molecule has 0 radical (unpaired) electrons. The predicted molar refractivity (Wildman–Crippen MR) is 77.0 cm³/mol. The van der Waals surface area contributed by atoms with Crippen molar-refractivity contribution >= 4 is 6.01 Å². The second-order valence-electron chi connectivity index (χ2n) is 5.03. The molecule has 1 aliphatic heterocycles. The Morgan fingerprint density at radius 2 is 1.75 bits per heavy atom. The van der Waals surface area contributed by atoms with Crippen LogP contribution < -0.4 is 9.64 Å². The Hall–Kier alpha value is -2.04. The van der Waals surface area contributed by atoms with Crippen LogP contribution in [0.4, 0.5) is 6.01 Å². The topological polar surface area (TPSA) is 51.4 Å². The quantitative estimate of drug-likeness (QED) is 0.860. The molecule has 2 aromatic rings. The summed E-state index contributed by atoms with van der Waals surface area (Å²) in [6.07, 6.45) is 4.96. The van der Waals surface area contributed by atoms with E-state index in [1.54, 1.807) is 7.11 Å². The number of hydrogen-bond donors (Lipinski definition) is 0. The summed E-state index contributed by atoms with van der Waals surface area (Å²) in [7, 11) is 1.65. The highest BCUT2D eigenvalue weighted by Gasteiger charge is 2.17. The highest BCUT2D eigenvalue weighted by Crippen LogP contribution is 2.23. The summed E-state index contributed by atoms with van der Waals surface area (Å²) in [5.74, 6) is 1.46. The molecule has 0 amide bonds. The van der Waals surface area contributed by atoms with Gasteiger partial charge in [-0.2, -0.15) is 4.98 Å². The minimum Gasteiger partial charge on any atom is -0.497 e. The van der Waals surface area contributed by atoms with Crippen LogP contribution >= 0.6 is 0 Å². The molecule has 106 valence electrons. The van der Waals surface area contributed by atoms with Crippen LogP contribution in [0.25, 0.3) is 11.4 Å². The Labute approximate surface area is 118 Å². The molecule has 3 rings (SSSR count). The largest absolute Gasteiger partial charge is 0.497 e. The van der Waals surface area contributed by atoms with Crippen molar-refractivity contribution in [1.82, 2.24) is 10.1 Å². The molecule has 0 atom stereocenters. The van der Waals surface area contributed by atoms with E-state index >= 15 is 0 Å². The molecule has 1 fully saturated rings. The standard InChI is InChI=1S/C15H19N3O2/c1-19-13-8-6-12(7-9-13)14-16-15(20-17-14)18-10-4-2-3-5-11-18/h6-9H,2-5,10-11H2,1H3. The lowest BCUT2D eigenvalue weighted by atomic mass is 10.2. The van der Waals surface area contributed by atoms with E-state index in [1.807, 2.05) is 24.3 Å². The summed E-state index contributed by atoms with van der Waals surface area (Å²) < 4.78 is 10.6. The maximum absolute atomic E-state index is 5.40. The van der Waals surface area contributed by atoms with Crippen LogP contribution in [-0.4, -0.2) is 30.3 Å². The smallest absolute Gasteiger partial charge is 0.324 e. The van der Waals surface area contributed by atoms with Gasteiger partial charge in [-0.05, 0) is 37.1 Å². The van der Waals surface area contributed by atoms with E-state index in [2.05, 4.69) is 15.0 Å². The Kier molecular flexibility index (Phi) is 3.85. The molecule has 1 aromatic carbocycles. The second kappa shape index (κ2) is 5.94. The van der Waals surface area contributed by atoms with Crippen molar-refractivity contribution in [2.75, 3.05) is 25.1 Å². The zero-order valence-electron chi connectivity index (χ0n) is 11.7. The molecule has 0 unspecified atom stereocenters. The Bertz CT molecular complexity index is 543. The van der Waals surface area contributed by atoms with Crippen LogP contribution in [0.2, 0.25) is 0 Å². The van der Waals surface area contributed by atoms with Crippen LogP contribution in [0, 0.1) is 0 Å². The predicted octanol–water partition coefficient (Wildman–Crippen LogP) is 3.13. The minimum absolute atomic E-state index is 0.631. The van der Waals surface area contributed by atoms with Gasteiger partial charge in [-0.15, -0.1) is 0 Å². The fourth-order valence-electron chi connectivity index (χ4n) is 2.46. The summed E-state index contributed by atoms with van der Waals surface area (Å²) in [6.45, 7) is 2.01. The Balaban J connectivity index is 1.78. The lowest BCUT2D eigenvalue weighted by Gasteiger charge is -2.15. The van der Waals surface area contributed by atoms with Gasteiger partial charge in [0.2, 0.25) is 5.82 Å². The van der Waals surface area contributed by atoms with Crippen molar-refractivity contribution in [2.45, 2.75) is 25.7 Å². The molecule has 0 N–H and O–H groups in total. The number of anilines is 1. The van der Waals surface area contributed by atoms with E-state index in [9.17, 15) is 0 Å². The fourth-order valence-corrected chi connectivity index (χ4v) is 2.46. The van der Waals surface area contributed by atoms with Crippen molar-refractivity contribution in [3.05, 3.63) is 24.3 Å². The summed E-state index contributed by atoms with van der Waals surface area (Å²) in [5, 5.41) is 4.08. The summed E-state index contributed by atoms with van der Waals surface area (Å²) in [4.78, 5) is 6.70. The molecule has 2 heterocycles. The third kappa shape index (κ3) is 2.76. The summed E-state index contributed by atoms with van der Waals surface area (Å²) in [5.41, 5.74) is 0.940. The lowest BCUT2D eigenvalue weighted by molar-refractivity contribution is 0.413. The van der Waals surface area contributed by atoms with Gasteiger partial charge < -0.3 is 14.2 Å². The first-order chi connectivity index (χ1) is 9.86. The minimum atomic E-state index is 0.631. The van der Waals surface area contributed by atoms with E-state index in [0.29, 0.717) is 11.8 Å². The molecule has 20 heavy (non-hydrogen) atoms. The zero-order valence-corrected chi connectivity index (χ0v) is 11.7. The third-order valence-electron chi connectivity index (χ3n) is 3.64. The van der Waals surface area contributed by atoms with Gasteiger partial charge in [-0.25, -0.2) is 0 Å². The number of ether oxygens (including phenoxy) is 1. The normalized spacial score (nSPS) is 15.9. The van der Waals surface area contributed by atoms with Crippen molar-refractivity contribution in [3.63, 3.8) is 0 Å². The molecule has 5 nitrogen and oxygen atoms in total. The maximum atomic E-state index is 5.40. The first kappa shape index (κ1) is 13.0. The van der Waals surface area contributed by atoms with Gasteiger partial charge >= 0.3 is 6.01 Å².